The number of nitrogens with one attached hydrogen (secondary N) is 1. The molecule has 0 unspecified atom stereocenters. The molecule has 2 atom stereocenters. The molecule has 2 aliphatic rings. The Morgan fingerprint density at radius 3 is 2.52 bits per heavy atom. The lowest BCUT2D eigenvalue weighted by atomic mass is 9.88. The molecule has 1 aliphatic carbocycles. The van der Waals surface area contributed by atoms with Crippen molar-refractivity contribution in [3.63, 3.8) is 0 Å². The van der Waals surface area contributed by atoms with Crippen LogP contribution in [0, 0.1) is 11.7 Å². The molecule has 1 N–H and O–H groups in total. The summed E-state index contributed by atoms with van der Waals surface area (Å²) in [7, 11) is 0. The van der Waals surface area contributed by atoms with Crippen LogP contribution < -0.4 is 10.2 Å². The summed E-state index contributed by atoms with van der Waals surface area (Å²) < 4.78 is 20.3. The summed E-state index contributed by atoms with van der Waals surface area (Å²) >= 11 is 0. The molecule has 5 heteroatoms. The highest BCUT2D eigenvalue weighted by Gasteiger charge is 2.24. The van der Waals surface area contributed by atoms with Crippen LogP contribution in [0.1, 0.15) is 51.5 Å². The van der Waals surface area contributed by atoms with Gasteiger partial charge in [-0.05, 0) is 44.4 Å². The summed E-state index contributed by atoms with van der Waals surface area (Å²) in [5.41, 5.74) is 1.42. The number of benzene rings is 1. The number of ether oxygens (including phenoxy) is 1. The average molecular weight is 348 g/mol. The predicted molar refractivity (Wildman–Crippen MR) is 97.0 cm³/mol. The van der Waals surface area contributed by atoms with Crippen molar-refractivity contribution in [3.8, 4) is 0 Å². The Bertz CT molecular complexity index is 591. The molecular weight excluding hydrogens is 319 g/mol. The molecule has 138 valence electrons. The van der Waals surface area contributed by atoms with E-state index in [2.05, 4.69) is 5.32 Å². The molecule has 1 heterocycles. The van der Waals surface area contributed by atoms with Gasteiger partial charge in [-0.25, -0.2) is 4.39 Å². The third-order valence-electron chi connectivity index (χ3n) is 5.22. The van der Waals surface area contributed by atoms with Gasteiger partial charge in [0, 0.05) is 25.6 Å². The number of carbonyl (C=O) groups excluding carboxylic acids is 1. The van der Waals surface area contributed by atoms with Crippen LogP contribution in [0.3, 0.4) is 0 Å². The number of halogens is 1. The van der Waals surface area contributed by atoms with Crippen molar-refractivity contribution in [2.45, 2.75) is 64.7 Å². The van der Waals surface area contributed by atoms with E-state index in [4.69, 9.17) is 4.74 Å². The fourth-order valence-electron chi connectivity index (χ4n) is 3.99. The van der Waals surface area contributed by atoms with Crippen LogP contribution in [0.4, 0.5) is 10.1 Å². The lowest BCUT2D eigenvalue weighted by Crippen LogP contribution is -2.45. The Labute approximate surface area is 149 Å². The van der Waals surface area contributed by atoms with E-state index in [1.807, 2.05) is 30.9 Å². The average Bonchev–Trinajstić information content (AvgIpc) is 2.59. The van der Waals surface area contributed by atoms with Gasteiger partial charge in [-0.1, -0.05) is 25.3 Å². The molecule has 1 aromatic carbocycles. The summed E-state index contributed by atoms with van der Waals surface area (Å²) in [6.07, 6.45) is 5.65. The zero-order valence-corrected chi connectivity index (χ0v) is 15.3. The minimum absolute atomic E-state index is 0.0950. The number of morpholine rings is 1. The number of carbonyl (C=O) groups is 1. The molecule has 0 aromatic heterocycles. The van der Waals surface area contributed by atoms with Crippen LogP contribution in [-0.2, 0) is 16.1 Å². The second-order valence-electron chi connectivity index (χ2n) is 7.50. The third-order valence-corrected chi connectivity index (χ3v) is 5.22. The molecule has 1 amide bonds. The van der Waals surface area contributed by atoms with Crippen LogP contribution >= 0.6 is 0 Å². The predicted octanol–water partition coefficient (Wildman–Crippen LogP) is 3.64. The molecule has 0 radical (unpaired) electrons. The van der Waals surface area contributed by atoms with Gasteiger partial charge in [-0.15, -0.1) is 0 Å². The topological polar surface area (TPSA) is 41.6 Å². The van der Waals surface area contributed by atoms with E-state index < -0.39 is 0 Å². The number of nitrogens with zero attached hydrogens (tertiary/aromatic N) is 1. The summed E-state index contributed by atoms with van der Waals surface area (Å²) in [5, 5.41) is 2.97. The van der Waals surface area contributed by atoms with Gasteiger partial charge < -0.3 is 15.0 Å². The first-order valence-electron chi connectivity index (χ1n) is 9.49. The monoisotopic (exact) mass is 348 g/mol. The van der Waals surface area contributed by atoms with Crippen molar-refractivity contribution >= 4 is 11.6 Å². The highest BCUT2D eigenvalue weighted by Crippen LogP contribution is 2.25. The standard InChI is InChI=1S/C20H29FN2O2/c1-14-12-23(13-15(2)25-14)19-9-8-16(10-18(19)21)11-22-20(24)17-6-4-3-5-7-17/h8-10,14-15,17H,3-7,11-13H2,1-2H3,(H,22,24)/t14-,15+. The Kier molecular flexibility index (Phi) is 5.94. The highest BCUT2D eigenvalue weighted by atomic mass is 19.1. The van der Waals surface area contributed by atoms with E-state index in [-0.39, 0.29) is 29.9 Å². The van der Waals surface area contributed by atoms with Gasteiger partial charge in [0.05, 0.1) is 17.9 Å². The molecule has 1 saturated carbocycles. The summed E-state index contributed by atoms with van der Waals surface area (Å²) in [4.78, 5) is 14.3. The van der Waals surface area contributed by atoms with Gasteiger partial charge in [0.25, 0.3) is 0 Å². The van der Waals surface area contributed by atoms with Crippen molar-refractivity contribution in [1.29, 1.82) is 0 Å². The molecule has 1 aromatic rings. The van der Waals surface area contributed by atoms with Crippen molar-refractivity contribution in [2.75, 3.05) is 18.0 Å². The Morgan fingerprint density at radius 2 is 1.88 bits per heavy atom. The van der Waals surface area contributed by atoms with Crippen molar-refractivity contribution in [2.24, 2.45) is 5.92 Å². The normalized spacial score (nSPS) is 25.0. The summed E-state index contributed by atoms with van der Waals surface area (Å²) in [6.45, 7) is 5.80. The molecule has 4 nitrogen and oxygen atoms in total. The first kappa shape index (κ1) is 18.2. The minimum Gasteiger partial charge on any atom is -0.372 e. The fourth-order valence-corrected chi connectivity index (χ4v) is 3.99. The largest absolute Gasteiger partial charge is 0.372 e. The fraction of sp³-hybridized carbons (Fsp3) is 0.650. The number of rotatable bonds is 4. The molecule has 1 saturated heterocycles. The van der Waals surface area contributed by atoms with E-state index >= 15 is 0 Å². The van der Waals surface area contributed by atoms with E-state index in [9.17, 15) is 9.18 Å². The molecule has 0 spiro atoms. The van der Waals surface area contributed by atoms with E-state index in [1.54, 1.807) is 6.07 Å². The molecular formula is C20H29FN2O2. The zero-order valence-electron chi connectivity index (χ0n) is 15.3. The van der Waals surface area contributed by atoms with Crippen molar-refractivity contribution in [3.05, 3.63) is 29.6 Å². The van der Waals surface area contributed by atoms with Crippen molar-refractivity contribution < 1.29 is 13.9 Å². The maximum Gasteiger partial charge on any atom is 0.223 e. The van der Waals surface area contributed by atoms with Gasteiger partial charge in [0.15, 0.2) is 0 Å². The SMILES string of the molecule is C[C@@H]1CN(c2ccc(CNC(=O)C3CCCCC3)cc2F)C[C@H](C)O1. The first-order valence-corrected chi connectivity index (χ1v) is 9.49. The number of hydrogen-bond acceptors (Lipinski definition) is 3. The number of amides is 1. The van der Waals surface area contributed by atoms with Crippen LogP contribution in [0.2, 0.25) is 0 Å². The Hall–Kier alpha value is -1.62. The minimum atomic E-state index is -0.231. The molecule has 1 aliphatic heterocycles. The number of anilines is 1. The van der Waals surface area contributed by atoms with E-state index in [0.29, 0.717) is 25.3 Å². The van der Waals surface area contributed by atoms with Gasteiger partial charge in [-0.2, -0.15) is 0 Å². The lowest BCUT2D eigenvalue weighted by molar-refractivity contribution is -0.126. The summed E-state index contributed by atoms with van der Waals surface area (Å²) in [6, 6.07) is 5.27. The van der Waals surface area contributed by atoms with Gasteiger partial charge in [0.2, 0.25) is 5.91 Å². The van der Waals surface area contributed by atoms with Crippen LogP contribution in [0.5, 0.6) is 0 Å². The highest BCUT2D eigenvalue weighted by molar-refractivity contribution is 5.78. The quantitative estimate of drug-likeness (QED) is 0.903. The molecule has 2 fully saturated rings. The number of hydrogen-bond donors (Lipinski definition) is 1. The Morgan fingerprint density at radius 1 is 1.20 bits per heavy atom. The Balaban J connectivity index is 1.59. The van der Waals surface area contributed by atoms with Gasteiger partial charge in [-0.3, -0.25) is 4.79 Å². The molecule has 3 rings (SSSR count). The van der Waals surface area contributed by atoms with Crippen LogP contribution in [0.15, 0.2) is 18.2 Å². The van der Waals surface area contributed by atoms with Crippen LogP contribution in [0.25, 0.3) is 0 Å². The molecule has 0 bridgehead atoms. The molecule has 25 heavy (non-hydrogen) atoms. The zero-order chi connectivity index (χ0) is 17.8. The first-order chi connectivity index (χ1) is 12.0. The smallest absolute Gasteiger partial charge is 0.223 e. The van der Waals surface area contributed by atoms with Gasteiger partial charge >= 0.3 is 0 Å². The van der Waals surface area contributed by atoms with Crippen molar-refractivity contribution in [1.82, 2.24) is 5.32 Å². The lowest BCUT2D eigenvalue weighted by Gasteiger charge is -2.37. The van der Waals surface area contributed by atoms with Crippen LogP contribution in [-0.4, -0.2) is 31.2 Å². The van der Waals surface area contributed by atoms with E-state index in [0.717, 1.165) is 31.2 Å². The maximum absolute atomic E-state index is 14.6. The second kappa shape index (κ2) is 8.17. The second-order valence-corrected chi connectivity index (χ2v) is 7.50. The third kappa shape index (κ3) is 4.72. The van der Waals surface area contributed by atoms with E-state index in [1.165, 1.54) is 6.42 Å². The van der Waals surface area contributed by atoms with Gasteiger partial charge in [0.1, 0.15) is 5.82 Å². The maximum atomic E-state index is 14.6. The summed E-state index contributed by atoms with van der Waals surface area (Å²) in [5.74, 6) is 0.0138.